The molecule has 1 saturated heterocycles. The van der Waals surface area contributed by atoms with Crippen LogP contribution in [0.5, 0.6) is 0 Å². The molecule has 0 unspecified atom stereocenters. The molecular weight excluding hydrogens is 326 g/mol. The van der Waals surface area contributed by atoms with Crippen molar-refractivity contribution in [3.05, 3.63) is 36.0 Å². The minimum atomic E-state index is -0.428. The molecule has 1 aliphatic carbocycles. The number of para-hydroxylation sites is 1. The molecule has 0 bridgehead atoms. The molecule has 1 aromatic heterocycles. The van der Waals surface area contributed by atoms with Crippen LogP contribution in [0.4, 0.5) is 0 Å². The fraction of sp³-hybridized carbons (Fsp3) is 0.500. The second kappa shape index (κ2) is 7.13. The molecule has 5 nitrogen and oxygen atoms in total. The van der Waals surface area contributed by atoms with Crippen LogP contribution in [0.15, 0.2) is 30.5 Å². The van der Waals surface area contributed by atoms with E-state index in [1.165, 1.54) is 0 Å². The van der Waals surface area contributed by atoms with Gasteiger partial charge in [0.2, 0.25) is 5.91 Å². The third-order valence-corrected chi connectivity index (χ3v) is 5.42. The Morgan fingerprint density at radius 1 is 1.21 bits per heavy atom. The molecule has 4 atom stereocenters. The Labute approximate surface area is 147 Å². The van der Waals surface area contributed by atoms with Gasteiger partial charge in [-0.2, -0.15) is 0 Å². The van der Waals surface area contributed by atoms with E-state index < -0.39 is 6.10 Å². The SMILES string of the molecule is Cl.O=C(Cc1c[nH]c2ccccc12)N[C@H]1C[C@H]2CNC[C@H]2C[C@@H]1O. The van der Waals surface area contributed by atoms with Crippen molar-refractivity contribution in [2.75, 3.05) is 13.1 Å². The van der Waals surface area contributed by atoms with Gasteiger partial charge < -0.3 is 20.7 Å². The predicted octanol–water partition coefficient (Wildman–Crippen LogP) is 1.61. The Balaban J connectivity index is 0.00000169. The maximum atomic E-state index is 12.4. The summed E-state index contributed by atoms with van der Waals surface area (Å²) < 4.78 is 0. The van der Waals surface area contributed by atoms with E-state index in [4.69, 9.17) is 0 Å². The molecule has 2 aliphatic rings. The number of hydrogen-bond donors (Lipinski definition) is 4. The highest BCUT2D eigenvalue weighted by Crippen LogP contribution is 2.33. The van der Waals surface area contributed by atoms with E-state index in [1.54, 1.807) is 0 Å². The summed E-state index contributed by atoms with van der Waals surface area (Å²) in [7, 11) is 0. The van der Waals surface area contributed by atoms with Crippen molar-refractivity contribution in [3.8, 4) is 0 Å². The number of amides is 1. The summed E-state index contributed by atoms with van der Waals surface area (Å²) in [5, 5.41) is 17.8. The second-order valence-corrected chi connectivity index (χ2v) is 6.93. The van der Waals surface area contributed by atoms with Crippen molar-refractivity contribution in [1.29, 1.82) is 0 Å². The molecule has 24 heavy (non-hydrogen) atoms. The van der Waals surface area contributed by atoms with Crippen LogP contribution in [0.25, 0.3) is 10.9 Å². The van der Waals surface area contributed by atoms with Crippen LogP contribution in [-0.2, 0) is 11.2 Å². The highest BCUT2D eigenvalue weighted by molar-refractivity contribution is 5.88. The maximum Gasteiger partial charge on any atom is 0.224 e. The average Bonchev–Trinajstić information content (AvgIpc) is 3.15. The van der Waals surface area contributed by atoms with E-state index >= 15 is 0 Å². The fourth-order valence-corrected chi connectivity index (χ4v) is 4.16. The number of carbonyl (C=O) groups is 1. The van der Waals surface area contributed by atoms with Crippen molar-refractivity contribution < 1.29 is 9.90 Å². The van der Waals surface area contributed by atoms with Crippen molar-refractivity contribution >= 4 is 29.2 Å². The zero-order valence-corrected chi connectivity index (χ0v) is 14.3. The van der Waals surface area contributed by atoms with Crippen LogP contribution in [0.3, 0.4) is 0 Å². The average molecular weight is 350 g/mol. The lowest BCUT2D eigenvalue weighted by Crippen LogP contribution is -2.49. The Hall–Kier alpha value is -1.56. The van der Waals surface area contributed by atoms with Gasteiger partial charge in [0.05, 0.1) is 18.6 Å². The van der Waals surface area contributed by atoms with Gasteiger partial charge in [0, 0.05) is 17.1 Å². The molecule has 6 heteroatoms. The first kappa shape index (κ1) is 17.3. The Kier molecular flexibility index (Phi) is 5.13. The third kappa shape index (κ3) is 3.29. The highest BCUT2D eigenvalue weighted by atomic mass is 35.5. The number of fused-ring (bicyclic) bond motifs is 2. The number of H-pyrrole nitrogens is 1. The van der Waals surface area contributed by atoms with E-state index in [1.807, 2.05) is 30.5 Å². The van der Waals surface area contributed by atoms with Gasteiger partial charge in [-0.3, -0.25) is 4.79 Å². The Bertz CT molecular complexity index is 717. The predicted molar refractivity (Wildman–Crippen MR) is 96.3 cm³/mol. The van der Waals surface area contributed by atoms with Crippen LogP contribution < -0.4 is 10.6 Å². The minimum absolute atomic E-state index is 0. The molecule has 2 heterocycles. The van der Waals surface area contributed by atoms with Crippen molar-refractivity contribution in [3.63, 3.8) is 0 Å². The molecule has 2 aromatic rings. The maximum absolute atomic E-state index is 12.4. The Morgan fingerprint density at radius 2 is 1.96 bits per heavy atom. The van der Waals surface area contributed by atoms with E-state index in [0.29, 0.717) is 18.3 Å². The molecule has 0 radical (unpaired) electrons. The number of nitrogens with one attached hydrogen (secondary N) is 3. The molecule has 130 valence electrons. The van der Waals surface area contributed by atoms with Crippen LogP contribution in [0.1, 0.15) is 18.4 Å². The molecule has 4 N–H and O–H groups in total. The molecule has 1 aliphatic heterocycles. The van der Waals surface area contributed by atoms with Gasteiger partial charge in [0.25, 0.3) is 0 Å². The number of aromatic nitrogens is 1. The van der Waals surface area contributed by atoms with Crippen LogP contribution in [0, 0.1) is 11.8 Å². The molecular formula is C18H24ClN3O2. The number of halogens is 1. The first-order valence-electron chi connectivity index (χ1n) is 8.44. The monoisotopic (exact) mass is 349 g/mol. The summed E-state index contributed by atoms with van der Waals surface area (Å²) in [6.07, 6.45) is 3.48. The summed E-state index contributed by atoms with van der Waals surface area (Å²) in [5.41, 5.74) is 2.05. The van der Waals surface area contributed by atoms with Gasteiger partial charge >= 0.3 is 0 Å². The standard InChI is InChI=1S/C18H23N3O2.ClH/c22-17-6-12-9-19-8-11(12)5-16(17)21-18(23)7-13-10-20-15-4-2-1-3-14(13)15;/h1-4,10-12,16-17,19-20,22H,5-9H2,(H,21,23);1H/t11-,12+,16-,17-;/m0./s1. The van der Waals surface area contributed by atoms with Crippen LogP contribution in [0.2, 0.25) is 0 Å². The summed E-state index contributed by atoms with van der Waals surface area (Å²) in [6.45, 7) is 2.00. The number of rotatable bonds is 3. The van der Waals surface area contributed by atoms with E-state index in [2.05, 4.69) is 15.6 Å². The summed E-state index contributed by atoms with van der Waals surface area (Å²) in [6, 6.07) is 7.88. The van der Waals surface area contributed by atoms with Crippen LogP contribution >= 0.6 is 12.4 Å². The van der Waals surface area contributed by atoms with Crippen molar-refractivity contribution in [1.82, 2.24) is 15.6 Å². The smallest absolute Gasteiger partial charge is 0.224 e. The van der Waals surface area contributed by atoms with Gasteiger partial charge in [-0.25, -0.2) is 0 Å². The number of aromatic amines is 1. The number of carbonyl (C=O) groups excluding carboxylic acids is 1. The van der Waals surface area contributed by atoms with Gasteiger partial charge in [-0.1, -0.05) is 18.2 Å². The fourth-order valence-electron chi connectivity index (χ4n) is 4.16. The normalized spacial score (nSPS) is 29.0. The molecule has 1 aromatic carbocycles. The summed E-state index contributed by atoms with van der Waals surface area (Å²) >= 11 is 0. The van der Waals surface area contributed by atoms with Gasteiger partial charge in [-0.15, -0.1) is 12.4 Å². The largest absolute Gasteiger partial charge is 0.391 e. The Morgan fingerprint density at radius 3 is 2.79 bits per heavy atom. The van der Waals surface area contributed by atoms with Crippen molar-refractivity contribution in [2.24, 2.45) is 11.8 Å². The van der Waals surface area contributed by atoms with Crippen molar-refractivity contribution in [2.45, 2.75) is 31.4 Å². The van der Waals surface area contributed by atoms with Gasteiger partial charge in [0.15, 0.2) is 0 Å². The lowest BCUT2D eigenvalue weighted by atomic mass is 9.77. The van der Waals surface area contributed by atoms with Gasteiger partial charge in [-0.05, 0) is 49.4 Å². The molecule has 2 fully saturated rings. The highest BCUT2D eigenvalue weighted by Gasteiger charge is 2.39. The first-order chi connectivity index (χ1) is 11.2. The topological polar surface area (TPSA) is 77.2 Å². The molecule has 0 spiro atoms. The zero-order chi connectivity index (χ0) is 15.8. The van der Waals surface area contributed by atoms with E-state index in [0.717, 1.165) is 42.4 Å². The third-order valence-electron chi connectivity index (χ3n) is 5.42. The number of aliphatic hydroxyl groups excluding tert-OH is 1. The lowest BCUT2D eigenvalue weighted by Gasteiger charge is -2.35. The van der Waals surface area contributed by atoms with E-state index in [9.17, 15) is 9.90 Å². The zero-order valence-electron chi connectivity index (χ0n) is 13.5. The first-order valence-corrected chi connectivity index (χ1v) is 8.44. The quantitative estimate of drug-likeness (QED) is 0.680. The minimum Gasteiger partial charge on any atom is -0.391 e. The number of aliphatic hydroxyl groups is 1. The second-order valence-electron chi connectivity index (χ2n) is 6.93. The molecule has 1 amide bonds. The van der Waals surface area contributed by atoms with Crippen LogP contribution in [-0.4, -0.2) is 41.2 Å². The lowest BCUT2D eigenvalue weighted by molar-refractivity contribution is -0.122. The molecule has 4 rings (SSSR count). The van der Waals surface area contributed by atoms with Gasteiger partial charge in [0.1, 0.15) is 0 Å². The molecule has 1 saturated carbocycles. The summed E-state index contributed by atoms with van der Waals surface area (Å²) in [5.74, 6) is 1.13. The van der Waals surface area contributed by atoms with E-state index in [-0.39, 0.29) is 24.4 Å². The number of hydrogen-bond acceptors (Lipinski definition) is 3. The number of benzene rings is 1. The summed E-state index contributed by atoms with van der Waals surface area (Å²) in [4.78, 5) is 15.6.